The Bertz CT molecular complexity index is 1210. The number of hydrogen-bond donors (Lipinski definition) is 4. The molecular formula is C27H31N5O5. The molecule has 0 aliphatic heterocycles. The number of benzene rings is 2. The Morgan fingerprint density at radius 2 is 1.38 bits per heavy atom. The Morgan fingerprint density at radius 1 is 0.838 bits per heavy atom. The Hall–Kier alpha value is -4.44. The van der Waals surface area contributed by atoms with Gasteiger partial charge in [-0.15, -0.1) is 0 Å². The summed E-state index contributed by atoms with van der Waals surface area (Å²) in [5.74, 6) is 0.982. The number of rotatable bonds is 12. The first kappa shape index (κ1) is 27.2. The van der Waals surface area contributed by atoms with Crippen LogP contribution in [0.4, 0.5) is 0 Å². The fraction of sp³-hybridized carbons (Fsp3) is 0.259. The second-order valence-electron chi connectivity index (χ2n) is 7.68. The van der Waals surface area contributed by atoms with Crippen molar-refractivity contribution < 1.29 is 23.7 Å². The van der Waals surface area contributed by atoms with Gasteiger partial charge in [-0.1, -0.05) is 0 Å². The lowest BCUT2D eigenvalue weighted by atomic mass is 10.2. The van der Waals surface area contributed by atoms with Crippen LogP contribution in [0.1, 0.15) is 41.8 Å². The molecule has 0 atom stereocenters. The van der Waals surface area contributed by atoms with E-state index in [0.29, 0.717) is 55.4 Å². The van der Waals surface area contributed by atoms with Crippen molar-refractivity contribution in [3.05, 3.63) is 77.4 Å². The van der Waals surface area contributed by atoms with Crippen LogP contribution in [-0.2, 0) is 9.47 Å². The monoisotopic (exact) mass is 505 g/mol. The number of ether oxygens (including phenoxy) is 4. The highest BCUT2D eigenvalue weighted by Crippen LogP contribution is 2.29. The third-order valence-corrected chi connectivity index (χ3v) is 4.99. The lowest BCUT2D eigenvalue weighted by Gasteiger charge is -2.13. The maximum absolute atomic E-state index is 12.8. The number of nitrogens with two attached hydrogens (primary N) is 1. The average molecular weight is 506 g/mol. The lowest BCUT2D eigenvalue weighted by Crippen LogP contribution is -2.26. The van der Waals surface area contributed by atoms with Crippen LogP contribution < -0.4 is 20.5 Å². The molecule has 2 aromatic carbocycles. The molecule has 0 saturated carbocycles. The standard InChI is InChI=1S/C27H31N5O5/c1-3-34-24(29)18-6-10-20(11-7-18)36-23-15-14-22(26(33)31-17-5-16-28)27(32-23)37-21-12-8-19(9-13-21)25(30)35-4-2/h6-15,29-30H,3-5,16-17,28H2,1-2H3,(H,31,33). The van der Waals surface area contributed by atoms with Crippen LogP contribution in [0, 0.1) is 10.8 Å². The first-order valence-electron chi connectivity index (χ1n) is 11.9. The van der Waals surface area contributed by atoms with Gasteiger partial charge in [0.05, 0.1) is 13.2 Å². The van der Waals surface area contributed by atoms with E-state index in [-0.39, 0.29) is 35.0 Å². The van der Waals surface area contributed by atoms with E-state index in [0.717, 1.165) is 0 Å². The largest absolute Gasteiger partial charge is 0.478 e. The van der Waals surface area contributed by atoms with Gasteiger partial charge in [0.15, 0.2) is 0 Å². The van der Waals surface area contributed by atoms with E-state index in [4.69, 9.17) is 35.5 Å². The summed E-state index contributed by atoms with van der Waals surface area (Å²) in [6.07, 6.45) is 0.639. The second kappa shape index (κ2) is 13.6. The third kappa shape index (κ3) is 7.77. The molecule has 0 aliphatic carbocycles. The van der Waals surface area contributed by atoms with Crippen molar-refractivity contribution in [3.8, 4) is 23.3 Å². The average Bonchev–Trinajstić information content (AvgIpc) is 2.90. The summed E-state index contributed by atoms with van der Waals surface area (Å²) in [5, 5.41) is 18.6. The Morgan fingerprint density at radius 3 is 1.89 bits per heavy atom. The van der Waals surface area contributed by atoms with Gasteiger partial charge < -0.3 is 30.0 Å². The van der Waals surface area contributed by atoms with Gasteiger partial charge in [0, 0.05) is 23.7 Å². The fourth-order valence-electron chi connectivity index (χ4n) is 3.17. The molecule has 3 rings (SSSR count). The Labute approximate surface area is 215 Å². The van der Waals surface area contributed by atoms with Crippen molar-refractivity contribution in [1.82, 2.24) is 10.3 Å². The van der Waals surface area contributed by atoms with Gasteiger partial charge in [-0.25, -0.2) is 0 Å². The summed E-state index contributed by atoms with van der Waals surface area (Å²) in [6.45, 7) is 5.32. The molecule has 0 aliphatic rings. The van der Waals surface area contributed by atoms with Gasteiger partial charge in [-0.05, 0) is 81.4 Å². The van der Waals surface area contributed by atoms with E-state index in [1.807, 2.05) is 13.8 Å². The smallest absolute Gasteiger partial charge is 0.256 e. The highest BCUT2D eigenvalue weighted by Gasteiger charge is 2.17. The molecule has 0 fully saturated rings. The molecule has 10 heteroatoms. The number of amides is 1. The third-order valence-electron chi connectivity index (χ3n) is 4.99. The molecule has 37 heavy (non-hydrogen) atoms. The van der Waals surface area contributed by atoms with Crippen molar-refractivity contribution >= 4 is 17.7 Å². The predicted molar refractivity (Wildman–Crippen MR) is 140 cm³/mol. The SMILES string of the molecule is CCOC(=N)c1ccc(Oc2ccc(C(=O)NCCCN)c(Oc3ccc(C(=N)OCC)cc3)n2)cc1. The van der Waals surface area contributed by atoms with Gasteiger partial charge in [-0.3, -0.25) is 15.6 Å². The second-order valence-corrected chi connectivity index (χ2v) is 7.68. The number of pyridine rings is 1. The summed E-state index contributed by atoms with van der Waals surface area (Å²) in [6, 6.07) is 16.7. The van der Waals surface area contributed by atoms with E-state index in [1.54, 1.807) is 60.7 Å². The summed E-state index contributed by atoms with van der Waals surface area (Å²) < 4.78 is 22.3. The van der Waals surface area contributed by atoms with Crippen LogP contribution in [-0.4, -0.2) is 49.0 Å². The van der Waals surface area contributed by atoms with E-state index in [9.17, 15) is 4.79 Å². The van der Waals surface area contributed by atoms with E-state index >= 15 is 0 Å². The summed E-state index contributed by atoms with van der Waals surface area (Å²) in [5.41, 5.74) is 6.98. The molecule has 1 heterocycles. The topological polar surface area (TPSA) is 153 Å². The van der Waals surface area contributed by atoms with Crippen LogP contribution in [0.3, 0.4) is 0 Å². The molecule has 3 aromatic rings. The summed E-state index contributed by atoms with van der Waals surface area (Å²) in [4.78, 5) is 17.2. The number of aromatic nitrogens is 1. The van der Waals surface area contributed by atoms with Gasteiger partial charge in [0.25, 0.3) is 5.91 Å². The van der Waals surface area contributed by atoms with Crippen LogP contribution in [0.25, 0.3) is 0 Å². The summed E-state index contributed by atoms with van der Waals surface area (Å²) in [7, 11) is 0. The molecule has 0 saturated heterocycles. The molecule has 10 nitrogen and oxygen atoms in total. The molecule has 5 N–H and O–H groups in total. The van der Waals surface area contributed by atoms with Gasteiger partial charge in [-0.2, -0.15) is 4.98 Å². The quantitative estimate of drug-likeness (QED) is 0.161. The first-order valence-corrected chi connectivity index (χ1v) is 11.9. The zero-order valence-electron chi connectivity index (χ0n) is 20.9. The minimum atomic E-state index is -0.351. The zero-order chi connectivity index (χ0) is 26.6. The van der Waals surface area contributed by atoms with Crippen molar-refractivity contribution in [1.29, 1.82) is 10.8 Å². The highest BCUT2D eigenvalue weighted by molar-refractivity contribution is 5.96. The van der Waals surface area contributed by atoms with Crippen molar-refractivity contribution in [2.24, 2.45) is 5.73 Å². The number of carbonyl (C=O) groups is 1. The molecule has 194 valence electrons. The molecule has 1 aromatic heterocycles. The Kier molecular flexibility index (Phi) is 9.98. The van der Waals surface area contributed by atoms with Crippen LogP contribution in [0.15, 0.2) is 60.7 Å². The van der Waals surface area contributed by atoms with Gasteiger partial charge in [0.2, 0.25) is 23.6 Å². The normalized spacial score (nSPS) is 10.4. The molecule has 0 radical (unpaired) electrons. The van der Waals surface area contributed by atoms with E-state index in [2.05, 4.69) is 10.3 Å². The Balaban J connectivity index is 1.83. The van der Waals surface area contributed by atoms with E-state index in [1.165, 1.54) is 0 Å². The number of nitrogens with zero attached hydrogens (tertiary/aromatic N) is 1. The predicted octanol–water partition coefficient (Wildman–Crippen LogP) is 4.47. The molecule has 0 unspecified atom stereocenters. The van der Waals surface area contributed by atoms with Crippen molar-refractivity contribution in [2.45, 2.75) is 20.3 Å². The number of carbonyl (C=O) groups excluding carboxylic acids is 1. The molecule has 0 spiro atoms. The first-order chi connectivity index (χ1) is 17.9. The van der Waals surface area contributed by atoms with Crippen LogP contribution >= 0.6 is 0 Å². The number of nitrogens with one attached hydrogen (secondary N) is 3. The molecule has 1 amide bonds. The van der Waals surface area contributed by atoms with Gasteiger partial charge >= 0.3 is 0 Å². The zero-order valence-corrected chi connectivity index (χ0v) is 20.9. The van der Waals surface area contributed by atoms with E-state index < -0.39 is 0 Å². The minimum absolute atomic E-state index is 0.0601. The summed E-state index contributed by atoms with van der Waals surface area (Å²) >= 11 is 0. The van der Waals surface area contributed by atoms with Gasteiger partial charge in [0.1, 0.15) is 17.1 Å². The fourth-order valence-corrected chi connectivity index (χ4v) is 3.17. The lowest BCUT2D eigenvalue weighted by molar-refractivity contribution is 0.0950. The number of hydrogen-bond acceptors (Lipinski definition) is 9. The maximum Gasteiger partial charge on any atom is 0.256 e. The molecular weight excluding hydrogens is 474 g/mol. The van der Waals surface area contributed by atoms with Crippen molar-refractivity contribution in [3.63, 3.8) is 0 Å². The van der Waals surface area contributed by atoms with Crippen molar-refractivity contribution in [2.75, 3.05) is 26.3 Å². The maximum atomic E-state index is 12.8. The highest BCUT2D eigenvalue weighted by atomic mass is 16.5. The minimum Gasteiger partial charge on any atom is -0.478 e. The van der Waals surface area contributed by atoms with Crippen LogP contribution in [0.2, 0.25) is 0 Å². The van der Waals surface area contributed by atoms with Crippen LogP contribution in [0.5, 0.6) is 23.3 Å². The molecule has 0 bridgehead atoms.